The van der Waals surface area contributed by atoms with Crippen molar-refractivity contribution in [2.45, 2.75) is 39.8 Å². The standard InChI is InChI=1S/C15H20ClN3O2/c1-4-7-17-10(2)12-5-6-15(13(16)8-12)20-9-14-11(3)18-21-19-14/h5-6,8,10,17H,4,7,9H2,1-3H3. The Labute approximate surface area is 129 Å². The van der Waals surface area contributed by atoms with Crippen molar-refractivity contribution in [2.24, 2.45) is 0 Å². The van der Waals surface area contributed by atoms with Crippen molar-refractivity contribution in [2.75, 3.05) is 6.54 Å². The summed E-state index contributed by atoms with van der Waals surface area (Å²) in [4.78, 5) is 0. The first-order chi connectivity index (χ1) is 10.1. The Bertz CT molecular complexity index is 586. The molecule has 0 aliphatic carbocycles. The molecule has 0 aliphatic rings. The molecule has 0 fully saturated rings. The number of nitrogens with zero attached hydrogens (tertiary/aromatic N) is 2. The average Bonchev–Trinajstić information content (AvgIpc) is 2.88. The maximum Gasteiger partial charge on any atom is 0.145 e. The number of rotatable bonds is 7. The number of hydrogen-bond acceptors (Lipinski definition) is 5. The minimum absolute atomic E-state index is 0.262. The molecule has 2 rings (SSSR count). The molecule has 0 bridgehead atoms. The van der Waals surface area contributed by atoms with E-state index in [-0.39, 0.29) is 12.6 Å². The van der Waals surface area contributed by atoms with Gasteiger partial charge in [-0.1, -0.05) is 34.9 Å². The largest absolute Gasteiger partial charge is 0.486 e. The highest BCUT2D eigenvalue weighted by molar-refractivity contribution is 6.32. The van der Waals surface area contributed by atoms with Gasteiger partial charge in [0.05, 0.1) is 5.02 Å². The van der Waals surface area contributed by atoms with Gasteiger partial charge in [-0.25, -0.2) is 4.63 Å². The van der Waals surface area contributed by atoms with Crippen LogP contribution in [0.15, 0.2) is 22.8 Å². The first kappa shape index (κ1) is 15.8. The molecule has 1 aromatic carbocycles. The fraction of sp³-hybridized carbons (Fsp3) is 0.467. The van der Waals surface area contributed by atoms with Crippen molar-refractivity contribution in [1.82, 2.24) is 15.6 Å². The second-order valence-electron chi connectivity index (χ2n) is 4.95. The molecule has 114 valence electrons. The van der Waals surface area contributed by atoms with Crippen molar-refractivity contribution < 1.29 is 9.37 Å². The number of nitrogens with one attached hydrogen (secondary N) is 1. The van der Waals surface area contributed by atoms with Crippen LogP contribution >= 0.6 is 11.6 Å². The molecule has 1 heterocycles. The highest BCUT2D eigenvalue weighted by atomic mass is 35.5. The lowest BCUT2D eigenvalue weighted by atomic mass is 10.1. The van der Waals surface area contributed by atoms with Crippen molar-refractivity contribution in [1.29, 1.82) is 0 Å². The van der Waals surface area contributed by atoms with Crippen molar-refractivity contribution in [3.05, 3.63) is 40.2 Å². The number of aromatic nitrogens is 2. The Hall–Kier alpha value is -1.59. The number of aryl methyl sites for hydroxylation is 1. The summed E-state index contributed by atoms with van der Waals surface area (Å²) in [5.41, 5.74) is 2.54. The monoisotopic (exact) mass is 309 g/mol. The minimum Gasteiger partial charge on any atom is -0.486 e. The third kappa shape index (κ3) is 4.19. The van der Waals surface area contributed by atoms with Crippen LogP contribution in [-0.2, 0) is 6.61 Å². The fourth-order valence-corrected chi connectivity index (χ4v) is 2.15. The van der Waals surface area contributed by atoms with Gasteiger partial charge in [0.2, 0.25) is 0 Å². The molecule has 6 heteroatoms. The van der Waals surface area contributed by atoms with Gasteiger partial charge in [-0.2, -0.15) is 0 Å². The molecule has 0 radical (unpaired) electrons. The third-order valence-corrected chi connectivity index (χ3v) is 3.56. The fourth-order valence-electron chi connectivity index (χ4n) is 1.91. The Balaban J connectivity index is 2.00. The highest BCUT2D eigenvalue weighted by Crippen LogP contribution is 2.28. The van der Waals surface area contributed by atoms with Crippen LogP contribution in [0.4, 0.5) is 0 Å². The third-order valence-electron chi connectivity index (χ3n) is 3.27. The van der Waals surface area contributed by atoms with Crippen molar-refractivity contribution >= 4 is 11.6 Å². The second-order valence-corrected chi connectivity index (χ2v) is 5.36. The lowest BCUT2D eigenvalue weighted by molar-refractivity contribution is 0.270. The van der Waals surface area contributed by atoms with Gasteiger partial charge in [-0.15, -0.1) is 0 Å². The van der Waals surface area contributed by atoms with Gasteiger partial charge in [0.25, 0.3) is 0 Å². The van der Waals surface area contributed by atoms with Gasteiger partial charge in [-0.05, 0) is 44.5 Å². The molecule has 2 aromatic rings. The van der Waals surface area contributed by atoms with Crippen molar-refractivity contribution in [3.8, 4) is 5.75 Å². The molecule has 1 atom stereocenters. The smallest absolute Gasteiger partial charge is 0.145 e. The second kappa shape index (κ2) is 7.43. The normalized spacial score (nSPS) is 12.4. The Morgan fingerprint density at radius 3 is 2.81 bits per heavy atom. The van der Waals surface area contributed by atoms with E-state index < -0.39 is 0 Å². The van der Waals surface area contributed by atoms with Crippen LogP contribution < -0.4 is 10.1 Å². The number of benzene rings is 1. The van der Waals surface area contributed by atoms with Crippen LogP contribution in [0, 0.1) is 6.92 Å². The maximum atomic E-state index is 6.28. The van der Waals surface area contributed by atoms with E-state index in [9.17, 15) is 0 Å². The van der Waals surface area contributed by atoms with E-state index in [0.717, 1.165) is 24.2 Å². The zero-order chi connectivity index (χ0) is 15.2. The van der Waals surface area contributed by atoms with Gasteiger partial charge >= 0.3 is 0 Å². The molecule has 0 saturated heterocycles. The van der Waals surface area contributed by atoms with E-state index in [1.807, 2.05) is 25.1 Å². The Kier molecular flexibility index (Phi) is 5.59. The van der Waals surface area contributed by atoms with E-state index in [1.165, 1.54) is 0 Å². The van der Waals surface area contributed by atoms with E-state index >= 15 is 0 Å². The number of hydrogen-bond donors (Lipinski definition) is 1. The minimum atomic E-state index is 0.262. The van der Waals surface area contributed by atoms with E-state index in [1.54, 1.807) is 0 Å². The highest BCUT2D eigenvalue weighted by Gasteiger charge is 2.10. The average molecular weight is 310 g/mol. The van der Waals surface area contributed by atoms with E-state index in [0.29, 0.717) is 16.5 Å². The van der Waals surface area contributed by atoms with Gasteiger partial charge in [0.1, 0.15) is 23.7 Å². The van der Waals surface area contributed by atoms with E-state index in [4.69, 9.17) is 16.3 Å². The summed E-state index contributed by atoms with van der Waals surface area (Å²) in [6.45, 7) is 7.35. The Morgan fingerprint density at radius 2 is 2.19 bits per heavy atom. The van der Waals surface area contributed by atoms with Crippen LogP contribution in [0.1, 0.15) is 43.3 Å². The van der Waals surface area contributed by atoms with Crippen LogP contribution in [0.5, 0.6) is 5.75 Å². The summed E-state index contributed by atoms with van der Waals surface area (Å²) in [7, 11) is 0. The van der Waals surface area contributed by atoms with Crippen LogP contribution in [0.2, 0.25) is 5.02 Å². The summed E-state index contributed by atoms with van der Waals surface area (Å²) in [6, 6.07) is 6.09. The SMILES string of the molecule is CCCNC(C)c1ccc(OCc2nonc2C)c(Cl)c1. The summed E-state index contributed by atoms with van der Waals surface area (Å²) in [5.74, 6) is 0.630. The molecule has 0 saturated carbocycles. The summed E-state index contributed by atoms with van der Waals surface area (Å²) < 4.78 is 10.3. The molecule has 1 aromatic heterocycles. The summed E-state index contributed by atoms with van der Waals surface area (Å²) in [5, 5.41) is 11.5. The molecule has 5 nitrogen and oxygen atoms in total. The Morgan fingerprint density at radius 1 is 1.38 bits per heavy atom. The quantitative estimate of drug-likeness (QED) is 0.845. The molecule has 0 aliphatic heterocycles. The molecule has 1 N–H and O–H groups in total. The topological polar surface area (TPSA) is 60.2 Å². The molecule has 0 amide bonds. The number of halogens is 1. The van der Waals surface area contributed by atoms with Crippen LogP contribution in [0.25, 0.3) is 0 Å². The molecule has 0 spiro atoms. The lowest BCUT2D eigenvalue weighted by Crippen LogP contribution is -2.19. The first-order valence-corrected chi connectivity index (χ1v) is 7.43. The van der Waals surface area contributed by atoms with Gasteiger partial charge in [0.15, 0.2) is 0 Å². The maximum absolute atomic E-state index is 6.28. The molecular weight excluding hydrogens is 290 g/mol. The summed E-state index contributed by atoms with van der Waals surface area (Å²) in [6.07, 6.45) is 1.10. The lowest BCUT2D eigenvalue weighted by Gasteiger charge is -2.15. The number of ether oxygens (including phenoxy) is 1. The molecule has 21 heavy (non-hydrogen) atoms. The molecule has 1 unspecified atom stereocenters. The van der Waals surface area contributed by atoms with Gasteiger partial charge in [-0.3, -0.25) is 0 Å². The van der Waals surface area contributed by atoms with Crippen molar-refractivity contribution in [3.63, 3.8) is 0 Å². The zero-order valence-electron chi connectivity index (χ0n) is 12.5. The molecular formula is C15H20ClN3O2. The van der Waals surface area contributed by atoms with Gasteiger partial charge in [0, 0.05) is 6.04 Å². The predicted octanol–water partition coefficient (Wildman–Crippen LogP) is 3.67. The van der Waals surface area contributed by atoms with Gasteiger partial charge < -0.3 is 10.1 Å². The predicted molar refractivity (Wildman–Crippen MR) is 81.5 cm³/mol. The van der Waals surface area contributed by atoms with Crippen LogP contribution in [0.3, 0.4) is 0 Å². The zero-order valence-corrected chi connectivity index (χ0v) is 13.3. The van der Waals surface area contributed by atoms with Crippen LogP contribution in [-0.4, -0.2) is 16.9 Å². The summed E-state index contributed by atoms with van der Waals surface area (Å²) >= 11 is 6.28. The van der Waals surface area contributed by atoms with E-state index in [2.05, 4.69) is 34.1 Å². The first-order valence-electron chi connectivity index (χ1n) is 7.05.